The molecule has 4 nitrogen and oxygen atoms in total. The number of carboxylic acids is 1. The molecule has 1 heterocycles. The normalized spacial score (nSPS) is 11.4. The van der Waals surface area contributed by atoms with E-state index in [-0.39, 0.29) is 5.56 Å². The number of nitrogens with zero attached hydrogens (tertiary/aromatic N) is 2. The van der Waals surface area contributed by atoms with Crippen LogP contribution in [-0.2, 0) is 6.54 Å². The maximum Gasteiger partial charge on any atom is 0.335 e. The van der Waals surface area contributed by atoms with Crippen LogP contribution in [0.25, 0.3) is 22.2 Å². The summed E-state index contributed by atoms with van der Waals surface area (Å²) < 4.78 is 26.7. The minimum atomic E-state index is -2.59. The lowest BCUT2D eigenvalue weighted by Crippen LogP contribution is -2.08. The van der Waals surface area contributed by atoms with Gasteiger partial charge in [-0.1, -0.05) is 29.3 Å². The fourth-order valence-corrected chi connectivity index (χ4v) is 2.74. The van der Waals surface area contributed by atoms with E-state index < -0.39 is 18.9 Å². The second kappa shape index (κ2) is 6.37. The topological polar surface area (TPSA) is 55.1 Å². The molecule has 3 rings (SSSR count). The molecular formula is C16H10Cl2F2N2O2. The highest BCUT2D eigenvalue weighted by atomic mass is 35.5. The van der Waals surface area contributed by atoms with Crippen molar-refractivity contribution >= 4 is 40.1 Å². The van der Waals surface area contributed by atoms with Gasteiger partial charge < -0.3 is 5.11 Å². The number of carboxylic acid groups (broad SMARTS) is 1. The Morgan fingerprint density at radius 3 is 2.54 bits per heavy atom. The van der Waals surface area contributed by atoms with Gasteiger partial charge >= 0.3 is 5.97 Å². The van der Waals surface area contributed by atoms with E-state index >= 15 is 0 Å². The summed E-state index contributed by atoms with van der Waals surface area (Å²) in [5, 5.41) is 14.5. The van der Waals surface area contributed by atoms with E-state index in [1.54, 1.807) is 18.2 Å². The summed E-state index contributed by atoms with van der Waals surface area (Å²) in [6, 6.07) is 9.01. The molecule has 0 spiro atoms. The van der Waals surface area contributed by atoms with Crippen LogP contribution in [0.3, 0.4) is 0 Å². The quantitative estimate of drug-likeness (QED) is 0.704. The minimum Gasteiger partial charge on any atom is -0.478 e. The molecule has 0 bridgehead atoms. The highest BCUT2D eigenvalue weighted by molar-refractivity contribution is 6.42. The number of hydrogen-bond donors (Lipinski definition) is 1. The number of aromatic nitrogens is 2. The molecule has 24 heavy (non-hydrogen) atoms. The predicted octanol–water partition coefficient (Wildman–Crippen LogP) is 4.97. The molecule has 1 N–H and O–H groups in total. The van der Waals surface area contributed by atoms with Crippen molar-refractivity contribution in [1.29, 1.82) is 0 Å². The molecule has 3 aromatic rings. The van der Waals surface area contributed by atoms with Gasteiger partial charge in [-0.2, -0.15) is 5.10 Å². The fraction of sp³-hybridized carbons (Fsp3) is 0.125. The van der Waals surface area contributed by atoms with Gasteiger partial charge in [-0.3, -0.25) is 4.68 Å². The van der Waals surface area contributed by atoms with Crippen molar-refractivity contribution in [2.24, 2.45) is 0 Å². The fourth-order valence-electron chi connectivity index (χ4n) is 2.44. The van der Waals surface area contributed by atoms with Crippen LogP contribution in [0.4, 0.5) is 8.78 Å². The van der Waals surface area contributed by atoms with Crippen molar-refractivity contribution in [1.82, 2.24) is 9.78 Å². The number of aromatic carboxylic acids is 1. The number of rotatable bonds is 4. The van der Waals surface area contributed by atoms with Gasteiger partial charge in [-0.25, -0.2) is 13.6 Å². The first-order valence-electron chi connectivity index (χ1n) is 6.84. The van der Waals surface area contributed by atoms with Crippen LogP contribution in [0.15, 0.2) is 36.4 Å². The molecule has 0 aliphatic carbocycles. The number of carbonyl (C=O) groups is 1. The molecular weight excluding hydrogens is 361 g/mol. The first kappa shape index (κ1) is 16.7. The largest absolute Gasteiger partial charge is 0.478 e. The van der Waals surface area contributed by atoms with Crippen molar-refractivity contribution in [2.45, 2.75) is 13.0 Å². The van der Waals surface area contributed by atoms with Crippen molar-refractivity contribution in [3.63, 3.8) is 0 Å². The molecule has 0 unspecified atom stereocenters. The van der Waals surface area contributed by atoms with Gasteiger partial charge in [0.1, 0.15) is 12.2 Å². The lowest BCUT2D eigenvalue weighted by Gasteiger charge is -2.02. The van der Waals surface area contributed by atoms with Gasteiger partial charge in [0.2, 0.25) is 0 Å². The van der Waals surface area contributed by atoms with Gasteiger partial charge in [0.05, 0.1) is 21.1 Å². The first-order valence-corrected chi connectivity index (χ1v) is 7.60. The molecule has 8 heteroatoms. The summed E-state index contributed by atoms with van der Waals surface area (Å²) in [6.07, 6.45) is -2.59. The molecule has 124 valence electrons. The third kappa shape index (κ3) is 3.07. The summed E-state index contributed by atoms with van der Waals surface area (Å²) in [4.78, 5) is 11.2. The highest BCUT2D eigenvalue weighted by Gasteiger charge is 2.17. The zero-order valence-electron chi connectivity index (χ0n) is 12.0. The molecule has 0 saturated carbocycles. The Balaban J connectivity index is 2.26. The Hall–Kier alpha value is -2.18. The molecule has 0 radical (unpaired) electrons. The molecule has 0 atom stereocenters. The molecule has 2 aromatic carbocycles. The number of fused-ring (bicyclic) bond motifs is 1. The second-order valence-electron chi connectivity index (χ2n) is 5.09. The summed E-state index contributed by atoms with van der Waals surface area (Å²) in [5.41, 5.74) is 1.39. The Bertz CT molecular complexity index is 941. The summed E-state index contributed by atoms with van der Waals surface area (Å²) in [5.74, 6) is -1.11. The van der Waals surface area contributed by atoms with Crippen LogP contribution in [0, 0.1) is 0 Å². The van der Waals surface area contributed by atoms with Gasteiger partial charge in [0.25, 0.3) is 6.43 Å². The highest BCUT2D eigenvalue weighted by Crippen LogP contribution is 2.33. The van der Waals surface area contributed by atoms with Crippen LogP contribution < -0.4 is 0 Å². The van der Waals surface area contributed by atoms with Crippen molar-refractivity contribution in [3.8, 4) is 11.3 Å². The van der Waals surface area contributed by atoms with Crippen molar-refractivity contribution in [2.75, 3.05) is 0 Å². The van der Waals surface area contributed by atoms with E-state index in [1.165, 1.54) is 18.2 Å². The molecule has 1 aromatic heterocycles. The third-order valence-corrected chi connectivity index (χ3v) is 4.24. The number of alkyl halides is 2. The number of benzene rings is 2. The van der Waals surface area contributed by atoms with Gasteiger partial charge in [-0.05, 0) is 30.3 Å². The van der Waals surface area contributed by atoms with E-state index in [0.29, 0.717) is 32.2 Å². The maximum absolute atomic E-state index is 12.8. The van der Waals surface area contributed by atoms with Crippen LogP contribution in [0.1, 0.15) is 10.4 Å². The summed E-state index contributed by atoms with van der Waals surface area (Å²) in [7, 11) is 0. The van der Waals surface area contributed by atoms with Gasteiger partial charge in [-0.15, -0.1) is 0 Å². The SMILES string of the molecule is O=C(O)c1ccc2c(c1)c(-c1ccc(Cl)c(Cl)c1)nn2CC(F)F. The van der Waals surface area contributed by atoms with E-state index in [9.17, 15) is 13.6 Å². The third-order valence-electron chi connectivity index (χ3n) is 3.50. The molecule has 0 saturated heterocycles. The zero-order valence-corrected chi connectivity index (χ0v) is 13.5. The molecule has 0 aliphatic rings. The Morgan fingerprint density at radius 1 is 1.17 bits per heavy atom. The van der Waals surface area contributed by atoms with E-state index in [1.807, 2.05) is 0 Å². The first-order chi connectivity index (χ1) is 11.4. The predicted molar refractivity (Wildman–Crippen MR) is 88.2 cm³/mol. The van der Waals surface area contributed by atoms with Crippen LogP contribution >= 0.6 is 23.2 Å². The molecule has 0 aliphatic heterocycles. The van der Waals surface area contributed by atoms with E-state index in [2.05, 4.69) is 5.10 Å². The van der Waals surface area contributed by atoms with Crippen molar-refractivity contribution < 1.29 is 18.7 Å². The lowest BCUT2D eigenvalue weighted by molar-refractivity contribution is 0.0697. The number of halogens is 4. The van der Waals surface area contributed by atoms with E-state index in [0.717, 1.165) is 4.68 Å². The van der Waals surface area contributed by atoms with Crippen molar-refractivity contribution in [3.05, 3.63) is 52.0 Å². The Morgan fingerprint density at radius 2 is 1.92 bits per heavy atom. The average Bonchev–Trinajstić information content (AvgIpc) is 2.87. The Labute approximate surface area is 145 Å². The monoisotopic (exact) mass is 370 g/mol. The van der Waals surface area contributed by atoms with E-state index in [4.69, 9.17) is 28.3 Å². The minimum absolute atomic E-state index is 0.0420. The zero-order chi connectivity index (χ0) is 17.4. The van der Waals surface area contributed by atoms with Crippen LogP contribution in [-0.4, -0.2) is 27.3 Å². The smallest absolute Gasteiger partial charge is 0.335 e. The van der Waals surface area contributed by atoms with Crippen LogP contribution in [0.5, 0.6) is 0 Å². The van der Waals surface area contributed by atoms with Crippen LogP contribution in [0.2, 0.25) is 10.0 Å². The molecule has 0 fully saturated rings. The van der Waals surface area contributed by atoms with Gasteiger partial charge in [0.15, 0.2) is 0 Å². The maximum atomic E-state index is 12.8. The standard InChI is InChI=1S/C16H10Cl2F2N2O2/c17-11-3-1-8(6-12(11)18)15-10-5-9(16(23)24)2-4-13(10)22(21-15)7-14(19)20/h1-6,14H,7H2,(H,23,24). The Kier molecular flexibility index (Phi) is 4.43. The number of hydrogen-bond acceptors (Lipinski definition) is 2. The summed E-state index contributed by atoms with van der Waals surface area (Å²) >= 11 is 11.9. The lowest BCUT2D eigenvalue weighted by atomic mass is 10.1. The average molecular weight is 371 g/mol. The second-order valence-corrected chi connectivity index (χ2v) is 5.90. The molecule has 0 amide bonds. The summed E-state index contributed by atoms with van der Waals surface area (Å²) in [6.45, 7) is -0.593. The van der Waals surface area contributed by atoms with Gasteiger partial charge in [0, 0.05) is 10.9 Å².